The number of rotatable bonds is 5. The lowest BCUT2D eigenvalue weighted by molar-refractivity contribution is -0.117. The number of benzene rings is 2. The number of halogens is 1. The molecule has 0 radical (unpaired) electrons. The molecule has 0 aliphatic heterocycles. The summed E-state index contributed by atoms with van der Waals surface area (Å²) in [5.41, 5.74) is 1.00. The van der Waals surface area contributed by atoms with Crippen molar-refractivity contribution >= 4 is 33.2 Å². The van der Waals surface area contributed by atoms with E-state index in [-0.39, 0.29) is 11.4 Å². The van der Waals surface area contributed by atoms with E-state index in [4.69, 9.17) is 16.7 Å². The number of nitrogens with two attached hydrogens (primary N) is 1. The number of carbonyl (C=O) groups excluding carboxylic acids is 1. The fourth-order valence-electron chi connectivity index (χ4n) is 2.10. The van der Waals surface area contributed by atoms with E-state index in [1.165, 1.54) is 18.2 Å². The van der Waals surface area contributed by atoms with E-state index in [0.717, 1.165) is 4.80 Å². The molecular weight excluding hydrogens is 380 g/mol. The highest BCUT2D eigenvalue weighted by Crippen LogP contribution is 2.17. The van der Waals surface area contributed by atoms with E-state index < -0.39 is 15.9 Å². The van der Waals surface area contributed by atoms with E-state index >= 15 is 0 Å². The maximum Gasteiger partial charge on any atom is 0.248 e. The van der Waals surface area contributed by atoms with Gasteiger partial charge in [0.15, 0.2) is 0 Å². The summed E-state index contributed by atoms with van der Waals surface area (Å²) >= 11 is 5.83. The third-order valence-corrected chi connectivity index (χ3v) is 4.45. The van der Waals surface area contributed by atoms with E-state index in [9.17, 15) is 13.2 Å². The van der Waals surface area contributed by atoms with Gasteiger partial charge in [-0.3, -0.25) is 4.79 Å². The normalized spacial score (nSPS) is 11.3. The highest BCUT2D eigenvalue weighted by Gasteiger charge is 2.12. The van der Waals surface area contributed by atoms with Crippen molar-refractivity contribution in [2.24, 2.45) is 5.14 Å². The number of tetrazole rings is 1. The maximum atomic E-state index is 12.1. The van der Waals surface area contributed by atoms with Crippen LogP contribution in [-0.2, 0) is 21.4 Å². The fourth-order valence-corrected chi connectivity index (χ4v) is 2.79. The average molecular weight is 393 g/mol. The Bertz CT molecular complexity index is 1050. The van der Waals surface area contributed by atoms with Crippen LogP contribution in [0.4, 0.5) is 5.69 Å². The molecule has 0 atom stereocenters. The average Bonchev–Trinajstić information content (AvgIpc) is 3.03. The van der Waals surface area contributed by atoms with Gasteiger partial charge in [-0.15, -0.1) is 10.2 Å². The minimum absolute atomic E-state index is 0.0980. The van der Waals surface area contributed by atoms with Gasteiger partial charge in [0.05, 0.1) is 4.90 Å². The molecule has 3 aromatic rings. The summed E-state index contributed by atoms with van der Waals surface area (Å²) in [4.78, 5) is 13.1. The fraction of sp³-hybridized carbons (Fsp3) is 0.0667. The lowest BCUT2D eigenvalue weighted by Gasteiger charge is -2.06. The van der Waals surface area contributed by atoms with Gasteiger partial charge < -0.3 is 5.32 Å². The van der Waals surface area contributed by atoms with Crippen molar-refractivity contribution in [3.05, 3.63) is 53.6 Å². The van der Waals surface area contributed by atoms with Crippen LogP contribution in [0.15, 0.2) is 53.4 Å². The minimum Gasteiger partial charge on any atom is -0.324 e. The molecule has 0 fully saturated rings. The first-order chi connectivity index (χ1) is 12.3. The van der Waals surface area contributed by atoms with Gasteiger partial charge in [0.2, 0.25) is 21.8 Å². The van der Waals surface area contributed by atoms with Crippen LogP contribution in [0.1, 0.15) is 0 Å². The lowest BCUT2D eigenvalue weighted by atomic mass is 10.2. The smallest absolute Gasteiger partial charge is 0.248 e. The standard InChI is InChI=1S/C15H13ClN6O3S/c16-11-6-4-10(5-7-11)15-19-21-22(20-15)9-14(23)18-12-2-1-3-13(8-12)26(17,24)25/h1-8H,9H2,(H,18,23)(H2,17,24,25). The molecule has 3 N–H and O–H groups in total. The van der Waals surface area contributed by atoms with Crippen LogP contribution in [0.25, 0.3) is 11.4 Å². The van der Waals surface area contributed by atoms with Crippen LogP contribution < -0.4 is 10.5 Å². The van der Waals surface area contributed by atoms with Gasteiger partial charge in [-0.25, -0.2) is 13.6 Å². The number of hydrogen-bond donors (Lipinski definition) is 2. The second kappa shape index (κ2) is 7.20. The molecule has 11 heteroatoms. The molecule has 0 aliphatic rings. The zero-order chi connectivity index (χ0) is 18.7. The van der Waals surface area contributed by atoms with Crippen LogP contribution in [0.5, 0.6) is 0 Å². The van der Waals surface area contributed by atoms with Gasteiger partial charge in [0.1, 0.15) is 6.54 Å². The molecule has 134 valence electrons. The predicted molar refractivity (Wildman–Crippen MR) is 94.7 cm³/mol. The Morgan fingerprint density at radius 1 is 1.19 bits per heavy atom. The first kappa shape index (κ1) is 18.0. The number of aromatic nitrogens is 4. The summed E-state index contributed by atoms with van der Waals surface area (Å²) in [6.07, 6.45) is 0. The molecule has 9 nitrogen and oxygen atoms in total. The number of primary sulfonamides is 1. The molecule has 0 unspecified atom stereocenters. The van der Waals surface area contributed by atoms with Crippen molar-refractivity contribution in [2.75, 3.05) is 5.32 Å². The summed E-state index contributed by atoms with van der Waals surface area (Å²) in [6.45, 7) is -0.194. The van der Waals surface area contributed by atoms with Crippen LogP contribution in [0, 0.1) is 0 Å². The van der Waals surface area contributed by atoms with Crippen molar-refractivity contribution in [3.8, 4) is 11.4 Å². The van der Waals surface area contributed by atoms with E-state index in [2.05, 4.69) is 20.7 Å². The molecule has 2 aromatic carbocycles. The largest absolute Gasteiger partial charge is 0.324 e. The van der Waals surface area contributed by atoms with E-state index in [1.807, 2.05) is 0 Å². The summed E-state index contributed by atoms with van der Waals surface area (Å²) < 4.78 is 22.7. The second-order valence-corrected chi connectivity index (χ2v) is 7.27. The van der Waals surface area contributed by atoms with Crippen molar-refractivity contribution in [2.45, 2.75) is 11.4 Å². The Hall–Kier alpha value is -2.82. The van der Waals surface area contributed by atoms with Gasteiger partial charge >= 0.3 is 0 Å². The second-order valence-electron chi connectivity index (χ2n) is 5.27. The SMILES string of the molecule is NS(=O)(=O)c1cccc(NC(=O)Cn2nnc(-c3ccc(Cl)cc3)n2)c1. The Kier molecular flexibility index (Phi) is 4.98. The number of anilines is 1. The molecule has 26 heavy (non-hydrogen) atoms. The predicted octanol–water partition coefficient (Wildman–Crippen LogP) is 1.28. The highest BCUT2D eigenvalue weighted by atomic mass is 35.5. The first-order valence-electron chi connectivity index (χ1n) is 7.28. The molecule has 0 saturated carbocycles. The molecule has 0 saturated heterocycles. The Morgan fingerprint density at radius 2 is 1.92 bits per heavy atom. The van der Waals surface area contributed by atoms with Crippen LogP contribution in [-0.4, -0.2) is 34.5 Å². The van der Waals surface area contributed by atoms with Crippen LogP contribution >= 0.6 is 11.6 Å². The topological polar surface area (TPSA) is 133 Å². The Morgan fingerprint density at radius 3 is 2.62 bits per heavy atom. The van der Waals surface area contributed by atoms with Crippen molar-refractivity contribution in [1.82, 2.24) is 20.2 Å². The van der Waals surface area contributed by atoms with Crippen molar-refractivity contribution < 1.29 is 13.2 Å². The molecule has 0 bridgehead atoms. The summed E-state index contributed by atoms with van der Waals surface area (Å²) in [5.74, 6) is -0.0951. The number of amides is 1. The number of sulfonamides is 1. The Balaban J connectivity index is 1.68. The summed E-state index contributed by atoms with van der Waals surface area (Å²) in [6, 6.07) is 12.5. The van der Waals surface area contributed by atoms with Gasteiger partial charge in [0, 0.05) is 16.3 Å². The molecule has 1 amide bonds. The molecular formula is C15H13ClN6O3S. The van der Waals surface area contributed by atoms with E-state index in [1.54, 1.807) is 30.3 Å². The number of nitrogens with zero attached hydrogens (tertiary/aromatic N) is 4. The summed E-state index contributed by atoms with van der Waals surface area (Å²) in [7, 11) is -3.85. The zero-order valence-corrected chi connectivity index (χ0v) is 14.8. The quantitative estimate of drug-likeness (QED) is 0.671. The number of nitrogens with one attached hydrogen (secondary N) is 1. The first-order valence-corrected chi connectivity index (χ1v) is 9.20. The van der Waals surface area contributed by atoms with Crippen molar-refractivity contribution in [3.63, 3.8) is 0 Å². The number of hydrogen-bond acceptors (Lipinski definition) is 6. The number of carbonyl (C=O) groups is 1. The molecule has 1 aromatic heterocycles. The third kappa shape index (κ3) is 4.42. The van der Waals surface area contributed by atoms with E-state index in [0.29, 0.717) is 22.1 Å². The Labute approximate surface area is 153 Å². The third-order valence-electron chi connectivity index (χ3n) is 3.29. The lowest BCUT2D eigenvalue weighted by Crippen LogP contribution is -2.21. The molecule has 0 aliphatic carbocycles. The van der Waals surface area contributed by atoms with Crippen LogP contribution in [0.3, 0.4) is 0 Å². The molecule has 1 heterocycles. The maximum absolute atomic E-state index is 12.1. The van der Waals surface area contributed by atoms with Gasteiger partial charge in [-0.05, 0) is 47.7 Å². The van der Waals surface area contributed by atoms with Gasteiger partial charge in [0.25, 0.3) is 0 Å². The van der Waals surface area contributed by atoms with Crippen LogP contribution in [0.2, 0.25) is 5.02 Å². The zero-order valence-electron chi connectivity index (χ0n) is 13.2. The molecule has 0 spiro atoms. The van der Waals surface area contributed by atoms with Gasteiger partial charge in [-0.1, -0.05) is 17.7 Å². The molecule has 3 rings (SSSR count). The highest BCUT2D eigenvalue weighted by molar-refractivity contribution is 7.89. The minimum atomic E-state index is -3.85. The monoisotopic (exact) mass is 392 g/mol. The van der Waals surface area contributed by atoms with Crippen molar-refractivity contribution in [1.29, 1.82) is 0 Å². The summed E-state index contributed by atoms with van der Waals surface area (Å²) in [5, 5.41) is 20.0. The van der Waals surface area contributed by atoms with Gasteiger partial charge in [-0.2, -0.15) is 4.80 Å².